The maximum absolute atomic E-state index is 11.1. The average Bonchev–Trinajstić information content (AvgIpc) is 3.06. The van der Waals surface area contributed by atoms with Crippen LogP contribution in [0.15, 0.2) is 33.5 Å². The normalized spacial score (nSPS) is 12.9. The molecule has 20 heavy (non-hydrogen) atoms. The van der Waals surface area contributed by atoms with E-state index in [9.17, 15) is 4.79 Å². The molecule has 0 aliphatic heterocycles. The molecule has 3 aromatic rings. The Hall–Kier alpha value is -2.43. The maximum Gasteiger partial charge on any atom is 0.306 e. The third-order valence-electron chi connectivity index (χ3n) is 3.52. The third kappa shape index (κ3) is 1.74. The first-order valence-electron chi connectivity index (χ1n) is 6.29. The molecule has 5 heteroatoms. The van der Waals surface area contributed by atoms with Crippen LogP contribution in [0, 0.1) is 5.92 Å². The van der Waals surface area contributed by atoms with E-state index < -0.39 is 11.9 Å². The van der Waals surface area contributed by atoms with Crippen LogP contribution in [0.4, 0.5) is 0 Å². The lowest BCUT2D eigenvalue weighted by Crippen LogP contribution is -2.12. The summed E-state index contributed by atoms with van der Waals surface area (Å²) in [5.74, 6) is -0.729. The smallest absolute Gasteiger partial charge is 0.306 e. The van der Waals surface area contributed by atoms with Crippen molar-refractivity contribution < 1.29 is 23.5 Å². The van der Waals surface area contributed by atoms with Crippen molar-refractivity contribution in [1.82, 2.24) is 0 Å². The van der Waals surface area contributed by atoms with Crippen molar-refractivity contribution in [3.63, 3.8) is 0 Å². The van der Waals surface area contributed by atoms with Gasteiger partial charge in [-0.15, -0.1) is 0 Å². The number of carboxylic acid groups (broad SMARTS) is 1. The van der Waals surface area contributed by atoms with E-state index in [0.29, 0.717) is 23.3 Å². The molecular weight excluding hydrogens is 260 g/mol. The van der Waals surface area contributed by atoms with Crippen LogP contribution in [0.5, 0.6) is 5.75 Å². The van der Waals surface area contributed by atoms with E-state index in [1.807, 2.05) is 6.07 Å². The minimum Gasteiger partial charge on any atom is -0.492 e. The molecule has 0 fully saturated rings. The van der Waals surface area contributed by atoms with Crippen molar-refractivity contribution in [2.24, 2.45) is 5.92 Å². The van der Waals surface area contributed by atoms with Crippen LogP contribution in [-0.2, 0) is 11.2 Å². The first-order valence-corrected chi connectivity index (χ1v) is 6.29. The molecule has 1 unspecified atom stereocenters. The quantitative estimate of drug-likeness (QED) is 0.788. The predicted molar refractivity (Wildman–Crippen MR) is 73.0 cm³/mol. The van der Waals surface area contributed by atoms with Crippen LogP contribution < -0.4 is 4.74 Å². The Labute approximate surface area is 114 Å². The number of methoxy groups -OCH3 is 1. The van der Waals surface area contributed by atoms with Gasteiger partial charge in [0.1, 0.15) is 5.58 Å². The minimum absolute atomic E-state index is 0.374. The van der Waals surface area contributed by atoms with Gasteiger partial charge in [-0.05, 0) is 18.6 Å². The summed E-state index contributed by atoms with van der Waals surface area (Å²) in [6.07, 6.45) is 3.52. The van der Waals surface area contributed by atoms with Crippen molar-refractivity contribution in [1.29, 1.82) is 0 Å². The molecule has 104 valence electrons. The standard InChI is InChI=1S/C15H14O5/c1-8(15(16)17)7-11-9-3-5-20-14(9)13(18-2)10-4-6-19-12(10)11/h3-6,8H,7H2,1-2H3,(H,16,17). The Bertz CT molecular complexity index is 728. The largest absolute Gasteiger partial charge is 0.492 e. The lowest BCUT2D eigenvalue weighted by Gasteiger charge is -2.10. The van der Waals surface area contributed by atoms with Gasteiger partial charge < -0.3 is 18.7 Å². The van der Waals surface area contributed by atoms with E-state index in [-0.39, 0.29) is 0 Å². The lowest BCUT2D eigenvalue weighted by molar-refractivity contribution is -0.141. The summed E-state index contributed by atoms with van der Waals surface area (Å²) in [6, 6.07) is 3.61. The van der Waals surface area contributed by atoms with Gasteiger partial charge in [-0.1, -0.05) is 6.92 Å². The molecule has 1 atom stereocenters. The van der Waals surface area contributed by atoms with E-state index in [1.54, 1.807) is 32.6 Å². The van der Waals surface area contributed by atoms with Gasteiger partial charge in [0.15, 0.2) is 11.3 Å². The molecule has 0 aliphatic rings. The fourth-order valence-corrected chi connectivity index (χ4v) is 2.49. The van der Waals surface area contributed by atoms with Crippen LogP contribution in [0.1, 0.15) is 12.5 Å². The molecular formula is C15H14O5. The summed E-state index contributed by atoms with van der Waals surface area (Å²) in [6.45, 7) is 1.67. The van der Waals surface area contributed by atoms with Crippen molar-refractivity contribution in [3.05, 3.63) is 30.2 Å². The number of hydrogen-bond donors (Lipinski definition) is 1. The molecule has 3 rings (SSSR count). The van der Waals surface area contributed by atoms with Crippen LogP contribution in [0.2, 0.25) is 0 Å². The second kappa shape index (κ2) is 4.59. The molecule has 0 spiro atoms. The van der Waals surface area contributed by atoms with Crippen LogP contribution in [0.3, 0.4) is 0 Å². The second-order valence-electron chi connectivity index (χ2n) is 4.78. The number of furan rings is 2. The highest BCUT2D eigenvalue weighted by atomic mass is 16.5. The Balaban J connectivity index is 2.30. The summed E-state index contributed by atoms with van der Waals surface area (Å²) < 4.78 is 16.4. The number of hydrogen-bond acceptors (Lipinski definition) is 4. The van der Waals surface area contributed by atoms with Gasteiger partial charge in [-0.3, -0.25) is 4.79 Å². The number of ether oxygens (including phenoxy) is 1. The highest BCUT2D eigenvalue weighted by Gasteiger charge is 2.22. The fraction of sp³-hybridized carbons (Fsp3) is 0.267. The topological polar surface area (TPSA) is 72.8 Å². The number of carboxylic acids is 1. The van der Waals surface area contributed by atoms with Gasteiger partial charge >= 0.3 is 5.97 Å². The van der Waals surface area contributed by atoms with Crippen LogP contribution in [-0.4, -0.2) is 18.2 Å². The van der Waals surface area contributed by atoms with Gasteiger partial charge in [0.05, 0.1) is 30.9 Å². The molecule has 5 nitrogen and oxygen atoms in total. The number of benzene rings is 1. The predicted octanol–water partition coefficient (Wildman–Crippen LogP) is 3.45. The van der Waals surface area contributed by atoms with Crippen molar-refractivity contribution in [3.8, 4) is 5.75 Å². The maximum atomic E-state index is 11.1. The summed E-state index contributed by atoms with van der Waals surface area (Å²) in [5.41, 5.74) is 2.11. The van der Waals surface area contributed by atoms with Crippen LogP contribution in [0.25, 0.3) is 21.9 Å². The van der Waals surface area contributed by atoms with E-state index in [2.05, 4.69) is 0 Å². The fourth-order valence-electron chi connectivity index (χ4n) is 2.49. The number of aliphatic carboxylic acids is 1. The Kier molecular flexibility index (Phi) is 2.89. The van der Waals surface area contributed by atoms with Crippen molar-refractivity contribution in [2.45, 2.75) is 13.3 Å². The molecule has 2 aromatic heterocycles. The summed E-state index contributed by atoms with van der Waals surface area (Å²) in [4.78, 5) is 11.1. The van der Waals surface area contributed by atoms with E-state index >= 15 is 0 Å². The summed E-state index contributed by atoms with van der Waals surface area (Å²) in [5, 5.41) is 10.7. The van der Waals surface area contributed by atoms with E-state index in [4.69, 9.17) is 18.7 Å². The van der Waals surface area contributed by atoms with E-state index in [1.165, 1.54) is 0 Å². The Morgan fingerprint density at radius 1 is 1.25 bits per heavy atom. The molecule has 0 amide bonds. The molecule has 0 aliphatic carbocycles. The van der Waals surface area contributed by atoms with Crippen molar-refractivity contribution >= 4 is 27.9 Å². The second-order valence-corrected chi connectivity index (χ2v) is 4.78. The minimum atomic E-state index is -0.836. The highest BCUT2D eigenvalue weighted by Crippen LogP contribution is 2.40. The zero-order valence-corrected chi connectivity index (χ0v) is 11.2. The number of rotatable bonds is 4. The molecule has 1 aromatic carbocycles. The van der Waals surface area contributed by atoms with Gasteiger partial charge in [0.2, 0.25) is 0 Å². The van der Waals surface area contributed by atoms with Gasteiger partial charge in [0, 0.05) is 10.9 Å². The summed E-state index contributed by atoms with van der Waals surface area (Å²) >= 11 is 0. The van der Waals surface area contributed by atoms with Gasteiger partial charge in [-0.25, -0.2) is 0 Å². The number of fused-ring (bicyclic) bond motifs is 2. The Morgan fingerprint density at radius 3 is 2.55 bits per heavy atom. The molecule has 0 radical (unpaired) electrons. The molecule has 0 bridgehead atoms. The highest BCUT2D eigenvalue weighted by molar-refractivity contribution is 6.04. The zero-order valence-electron chi connectivity index (χ0n) is 11.2. The molecule has 2 heterocycles. The Morgan fingerprint density at radius 2 is 1.90 bits per heavy atom. The lowest BCUT2D eigenvalue weighted by atomic mass is 9.96. The number of carbonyl (C=O) groups is 1. The first-order chi connectivity index (χ1) is 9.63. The van der Waals surface area contributed by atoms with Gasteiger partial charge in [0.25, 0.3) is 0 Å². The third-order valence-corrected chi connectivity index (χ3v) is 3.52. The average molecular weight is 274 g/mol. The zero-order chi connectivity index (χ0) is 14.3. The van der Waals surface area contributed by atoms with E-state index in [0.717, 1.165) is 16.3 Å². The van der Waals surface area contributed by atoms with Crippen LogP contribution >= 0.6 is 0 Å². The van der Waals surface area contributed by atoms with Crippen molar-refractivity contribution in [2.75, 3.05) is 7.11 Å². The first kappa shape index (κ1) is 12.6. The SMILES string of the molecule is COc1c2ccoc2c(CC(C)C(=O)O)c2ccoc12. The molecule has 0 saturated heterocycles. The monoisotopic (exact) mass is 274 g/mol. The molecule has 0 saturated carbocycles. The molecule has 1 N–H and O–H groups in total. The summed E-state index contributed by atoms with van der Waals surface area (Å²) in [7, 11) is 1.57. The van der Waals surface area contributed by atoms with Gasteiger partial charge in [-0.2, -0.15) is 0 Å².